The third kappa shape index (κ3) is 4.61. The van der Waals surface area contributed by atoms with Gasteiger partial charge in [0.25, 0.3) is 5.91 Å². The first-order valence-corrected chi connectivity index (χ1v) is 7.32. The van der Waals surface area contributed by atoms with Gasteiger partial charge in [0.1, 0.15) is 0 Å². The van der Waals surface area contributed by atoms with Crippen molar-refractivity contribution < 1.29 is 19.1 Å². The number of para-hydroxylation sites is 1. The average Bonchev–Trinajstić information content (AvgIpc) is 2.53. The minimum Gasteiger partial charge on any atom is -0.494 e. The Labute approximate surface area is 143 Å². The molecule has 120 valence electrons. The zero-order valence-corrected chi connectivity index (χ0v) is 13.6. The van der Waals surface area contributed by atoms with Gasteiger partial charge in [0.05, 0.1) is 22.7 Å². The Kier molecular flexibility index (Phi) is 5.84. The zero-order chi connectivity index (χ0) is 16.8. The van der Waals surface area contributed by atoms with E-state index < -0.39 is 18.5 Å². The standard InChI is InChI=1S/C16H13Cl2NO4/c1-22-15-12(17)7-10(8-13(15)18)16(21)23-9-14(20)19-11-5-3-2-4-6-11/h2-8H,9H2,1H3,(H,19,20). The van der Waals surface area contributed by atoms with Crippen molar-refractivity contribution in [2.45, 2.75) is 0 Å². The maximum absolute atomic E-state index is 11.9. The summed E-state index contributed by atoms with van der Waals surface area (Å²) in [6, 6.07) is 11.6. The van der Waals surface area contributed by atoms with E-state index in [0.29, 0.717) is 5.69 Å². The average molecular weight is 354 g/mol. The highest BCUT2D eigenvalue weighted by Crippen LogP contribution is 2.33. The number of nitrogens with one attached hydrogen (secondary N) is 1. The highest BCUT2D eigenvalue weighted by molar-refractivity contribution is 6.37. The molecule has 23 heavy (non-hydrogen) atoms. The molecule has 1 amide bonds. The molecule has 0 radical (unpaired) electrons. The van der Waals surface area contributed by atoms with Crippen molar-refractivity contribution in [3.05, 3.63) is 58.1 Å². The van der Waals surface area contributed by atoms with E-state index in [-0.39, 0.29) is 21.4 Å². The molecule has 0 bridgehead atoms. The molecule has 0 fully saturated rings. The van der Waals surface area contributed by atoms with Gasteiger partial charge in [-0.25, -0.2) is 4.79 Å². The van der Waals surface area contributed by atoms with Crippen LogP contribution in [0, 0.1) is 0 Å². The molecular formula is C16H13Cl2NO4. The monoisotopic (exact) mass is 353 g/mol. The second-order valence-corrected chi connectivity index (χ2v) is 5.28. The number of hydrogen-bond donors (Lipinski definition) is 1. The maximum atomic E-state index is 11.9. The van der Waals surface area contributed by atoms with Gasteiger partial charge in [0.2, 0.25) is 0 Å². The number of benzene rings is 2. The molecule has 2 aromatic carbocycles. The summed E-state index contributed by atoms with van der Waals surface area (Å²) >= 11 is 11.9. The molecule has 2 rings (SSSR count). The normalized spacial score (nSPS) is 10.0. The van der Waals surface area contributed by atoms with Crippen LogP contribution in [-0.2, 0) is 9.53 Å². The van der Waals surface area contributed by atoms with E-state index >= 15 is 0 Å². The molecule has 0 aliphatic heterocycles. The second kappa shape index (κ2) is 7.85. The number of carbonyl (C=O) groups excluding carboxylic acids is 2. The number of rotatable bonds is 5. The van der Waals surface area contributed by atoms with E-state index in [4.69, 9.17) is 32.7 Å². The molecule has 0 unspecified atom stereocenters. The van der Waals surface area contributed by atoms with Gasteiger partial charge in [0.15, 0.2) is 12.4 Å². The molecule has 0 heterocycles. The van der Waals surface area contributed by atoms with Gasteiger partial charge >= 0.3 is 5.97 Å². The first-order valence-electron chi connectivity index (χ1n) is 6.56. The summed E-state index contributed by atoms with van der Waals surface area (Å²) in [6.07, 6.45) is 0. The Hall–Kier alpha value is -2.24. The number of methoxy groups -OCH3 is 1. The molecule has 7 heteroatoms. The van der Waals surface area contributed by atoms with Gasteiger partial charge in [-0.05, 0) is 24.3 Å². The summed E-state index contributed by atoms with van der Waals surface area (Å²) in [4.78, 5) is 23.7. The summed E-state index contributed by atoms with van der Waals surface area (Å²) in [5.41, 5.74) is 0.748. The van der Waals surface area contributed by atoms with Crippen molar-refractivity contribution >= 4 is 40.8 Å². The first-order chi connectivity index (χ1) is 11.0. The fourth-order valence-electron chi connectivity index (χ4n) is 1.81. The smallest absolute Gasteiger partial charge is 0.338 e. The van der Waals surface area contributed by atoms with E-state index in [0.717, 1.165) is 0 Å². The predicted molar refractivity (Wildman–Crippen MR) is 88.4 cm³/mol. The van der Waals surface area contributed by atoms with E-state index in [1.807, 2.05) is 6.07 Å². The third-order valence-corrected chi connectivity index (χ3v) is 3.39. The highest BCUT2D eigenvalue weighted by atomic mass is 35.5. The van der Waals surface area contributed by atoms with Crippen molar-refractivity contribution in [2.24, 2.45) is 0 Å². The molecule has 0 atom stereocenters. The van der Waals surface area contributed by atoms with Crippen LogP contribution >= 0.6 is 23.2 Å². The van der Waals surface area contributed by atoms with E-state index in [1.165, 1.54) is 19.2 Å². The zero-order valence-electron chi connectivity index (χ0n) is 12.1. The van der Waals surface area contributed by atoms with Crippen LogP contribution < -0.4 is 10.1 Å². The summed E-state index contributed by atoms with van der Waals surface area (Å²) < 4.78 is 9.93. The summed E-state index contributed by atoms with van der Waals surface area (Å²) in [6.45, 7) is -0.422. The molecule has 5 nitrogen and oxygen atoms in total. The molecule has 2 aromatic rings. The van der Waals surface area contributed by atoms with Crippen LogP contribution in [-0.4, -0.2) is 25.6 Å². The lowest BCUT2D eigenvalue weighted by Crippen LogP contribution is -2.20. The molecule has 0 spiro atoms. The number of anilines is 1. The van der Waals surface area contributed by atoms with Crippen LogP contribution in [0.5, 0.6) is 5.75 Å². The maximum Gasteiger partial charge on any atom is 0.338 e. The van der Waals surface area contributed by atoms with Gasteiger partial charge in [-0.1, -0.05) is 41.4 Å². The number of amides is 1. The highest BCUT2D eigenvalue weighted by Gasteiger charge is 2.15. The first kappa shape index (κ1) is 17.1. The Balaban J connectivity index is 1.96. The molecule has 0 aliphatic carbocycles. The Morgan fingerprint density at radius 2 is 1.70 bits per heavy atom. The SMILES string of the molecule is COc1c(Cl)cc(C(=O)OCC(=O)Nc2ccccc2)cc1Cl. The summed E-state index contributed by atoms with van der Waals surface area (Å²) in [5, 5.41) is 2.96. The number of hydrogen-bond acceptors (Lipinski definition) is 4. The number of halogens is 2. The van der Waals surface area contributed by atoms with Crippen LogP contribution in [0.15, 0.2) is 42.5 Å². The van der Waals surface area contributed by atoms with Gasteiger partial charge in [0, 0.05) is 5.69 Å². The van der Waals surface area contributed by atoms with Crippen molar-refractivity contribution in [3.8, 4) is 5.75 Å². The van der Waals surface area contributed by atoms with Gasteiger partial charge in [-0.3, -0.25) is 4.79 Å². The van der Waals surface area contributed by atoms with Crippen molar-refractivity contribution in [3.63, 3.8) is 0 Å². The Bertz CT molecular complexity index is 696. The molecule has 0 saturated heterocycles. The number of carbonyl (C=O) groups is 2. The van der Waals surface area contributed by atoms with E-state index in [9.17, 15) is 9.59 Å². The minimum absolute atomic E-state index is 0.133. The van der Waals surface area contributed by atoms with Crippen molar-refractivity contribution in [1.82, 2.24) is 0 Å². The minimum atomic E-state index is -0.709. The molecule has 0 aliphatic rings. The summed E-state index contributed by atoms with van der Waals surface area (Å²) in [7, 11) is 1.42. The van der Waals surface area contributed by atoms with Gasteiger partial charge in [-0.15, -0.1) is 0 Å². The molecule has 0 aromatic heterocycles. The third-order valence-electron chi connectivity index (χ3n) is 2.83. The van der Waals surface area contributed by atoms with Crippen LogP contribution in [0.1, 0.15) is 10.4 Å². The van der Waals surface area contributed by atoms with Crippen LogP contribution in [0.4, 0.5) is 5.69 Å². The van der Waals surface area contributed by atoms with Crippen molar-refractivity contribution in [2.75, 3.05) is 19.0 Å². The van der Waals surface area contributed by atoms with Gasteiger partial charge < -0.3 is 14.8 Å². The Morgan fingerprint density at radius 3 is 2.26 bits per heavy atom. The topological polar surface area (TPSA) is 64.6 Å². The van der Waals surface area contributed by atoms with Gasteiger partial charge in [-0.2, -0.15) is 0 Å². The quantitative estimate of drug-likeness (QED) is 0.830. The lowest BCUT2D eigenvalue weighted by Gasteiger charge is -2.09. The van der Waals surface area contributed by atoms with Crippen LogP contribution in [0.3, 0.4) is 0 Å². The predicted octanol–water partition coefficient (Wildman–Crippen LogP) is 3.80. The van der Waals surface area contributed by atoms with Crippen molar-refractivity contribution in [1.29, 1.82) is 0 Å². The van der Waals surface area contributed by atoms with E-state index in [2.05, 4.69) is 5.32 Å². The lowest BCUT2D eigenvalue weighted by atomic mass is 10.2. The molecule has 0 saturated carbocycles. The van der Waals surface area contributed by atoms with Crippen LogP contribution in [0.25, 0.3) is 0 Å². The fraction of sp³-hybridized carbons (Fsp3) is 0.125. The fourth-order valence-corrected chi connectivity index (χ4v) is 2.45. The number of esters is 1. The lowest BCUT2D eigenvalue weighted by molar-refractivity contribution is -0.119. The molecule has 1 N–H and O–H groups in total. The largest absolute Gasteiger partial charge is 0.494 e. The Morgan fingerprint density at radius 1 is 1.09 bits per heavy atom. The molecular weight excluding hydrogens is 341 g/mol. The second-order valence-electron chi connectivity index (χ2n) is 4.46. The van der Waals surface area contributed by atoms with Crippen LogP contribution in [0.2, 0.25) is 10.0 Å². The number of ether oxygens (including phenoxy) is 2. The van der Waals surface area contributed by atoms with E-state index in [1.54, 1.807) is 24.3 Å². The summed E-state index contributed by atoms with van der Waals surface area (Å²) in [5.74, 6) is -0.887.